The third-order valence-corrected chi connectivity index (χ3v) is 3.01. The third kappa shape index (κ3) is 5.47. The van der Waals surface area contributed by atoms with Crippen molar-refractivity contribution >= 4 is 60.5 Å². The van der Waals surface area contributed by atoms with Crippen LogP contribution >= 0.6 is 0 Å². The second-order valence-electron chi connectivity index (χ2n) is 4.28. The fourth-order valence-corrected chi connectivity index (χ4v) is 1.84. The van der Waals surface area contributed by atoms with Crippen molar-refractivity contribution in [2.45, 2.75) is 27.7 Å². The Balaban J connectivity index is -0.000000963. The summed E-state index contributed by atoms with van der Waals surface area (Å²) in [7, 11) is 0. The second-order valence-corrected chi connectivity index (χ2v) is 4.28. The molecule has 0 fully saturated rings. The van der Waals surface area contributed by atoms with E-state index in [0.717, 1.165) is 29.9 Å². The van der Waals surface area contributed by atoms with Gasteiger partial charge in [0.05, 0.1) is 6.54 Å². The molecule has 1 aromatic rings. The molecule has 0 bridgehead atoms. The number of nitrogens with one attached hydrogen (secondary N) is 1. The maximum Gasteiger partial charge on any atom is 2.00 e. The van der Waals surface area contributed by atoms with Crippen LogP contribution in [0.1, 0.15) is 27.8 Å². The van der Waals surface area contributed by atoms with Gasteiger partial charge in [0, 0.05) is 5.69 Å². The van der Waals surface area contributed by atoms with E-state index < -0.39 is 0 Å². The standard InChI is InChI=1S/C14H22N2O.Ba.2H/c1-5-16(6-2)10-13(17)15-14-11(3)8-7-9-12(14)4;;;/h7-9H,5-6,10H2,1-4H3,(H,15,17);;;/q;+2;2*-1. The molecule has 98 valence electrons. The van der Waals surface area contributed by atoms with Crippen LogP contribution in [0.4, 0.5) is 5.69 Å². The molecule has 0 heterocycles. The van der Waals surface area contributed by atoms with Gasteiger partial charge < -0.3 is 8.17 Å². The largest absolute Gasteiger partial charge is 2.00 e. The summed E-state index contributed by atoms with van der Waals surface area (Å²) >= 11 is 0. The van der Waals surface area contributed by atoms with Crippen LogP contribution in [0.15, 0.2) is 18.2 Å². The molecule has 18 heavy (non-hydrogen) atoms. The maximum atomic E-state index is 11.9. The van der Waals surface area contributed by atoms with Crippen molar-refractivity contribution in [2.24, 2.45) is 0 Å². The number of anilines is 1. The molecule has 0 unspecified atom stereocenters. The zero-order chi connectivity index (χ0) is 12.8. The van der Waals surface area contributed by atoms with E-state index in [-0.39, 0.29) is 57.6 Å². The minimum Gasteiger partial charge on any atom is -1.00 e. The van der Waals surface area contributed by atoms with Crippen LogP contribution in [0.2, 0.25) is 0 Å². The summed E-state index contributed by atoms with van der Waals surface area (Å²) < 4.78 is 0. The van der Waals surface area contributed by atoms with Gasteiger partial charge in [0.2, 0.25) is 5.91 Å². The summed E-state index contributed by atoms with van der Waals surface area (Å²) in [5.74, 6) is 0.0612. The second kappa shape index (κ2) is 9.18. The van der Waals surface area contributed by atoms with Gasteiger partial charge in [-0.1, -0.05) is 32.0 Å². The molecule has 1 N–H and O–H groups in total. The summed E-state index contributed by atoms with van der Waals surface area (Å²) in [4.78, 5) is 14.0. The molecule has 0 saturated carbocycles. The number of carbonyl (C=O) groups excluding carboxylic acids is 1. The van der Waals surface area contributed by atoms with E-state index in [1.807, 2.05) is 32.0 Å². The van der Waals surface area contributed by atoms with Gasteiger partial charge in [0.25, 0.3) is 0 Å². The van der Waals surface area contributed by atoms with Crippen LogP contribution in [0.3, 0.4) is 0 Å². The fourth-order valence-electron chi connectivity index (χ4n) is 1.84. The molecule has 0 spiro atoms. The summed E-state index contributed by atoms with van der Waals surface area (Å²) in [5, 5.41) is 3.00. The molecule has 0 aliphatic carbocycles. The average Bonchev–Trinajstić information content (AvgIpc) is 2.31. The van der Waals surface area contributed by atoms with Crippen LogP contribution in [-0.2, 0) is 4.79 Å². The number of likely N-dealkylation sites (N-methyl/N-ethyl adjacent to an activating group) is 1. The van der Waals surface area contributed by atoms with Gasteiger partial charge in [0.15, 0.2) is 0 Å². The van der Waals surface area contributed by atoms with Crippen molar-refractivity contribution in [2.75, 3.05) is 25.0 Å². The monoisotopic (exact) mass is 374 g/mol. The van der Waals surface area contributed by atoms with Crippen molar-refractivity contribution in [3.8, 4) is 0 Å². The van der Waals surface area contributed by atoms with Gasteiger partial charge in [-0.05, 0) is 38.1 Å². The quantitative estimate of drug-likeness (QED) is 0.804. The SMILES string of the molecule is CCN(CC)CC(=O)Nc1c(C)cccc1C.[Ba+2].[H-].[H-]. The van der Waals surface area contributed by atoms with E-state index in [1.54, 1.807) is 0 Å². The maximum absolute atomic E-state index is 11.9. The summed E-state index contributed by atoms with van der Waals surface area (Å²) in [6.45, 7) is 10.4. The minimum absolute atomic E-state index is 0. The van der Waals surface area contributed by atoms with E-state index in [1.165, 1.54) is 0 Å². The Morgan fingerprint density at radius 2 is 1.72 bits per heavy atom. The van der Waals surface area contributed by atoms with E-state index in [9.17, 15) is 4.79 Å². The summed E-state index contributed by atoms with van der Waals surface area (Å²) in [5.41, 5.74) is 3.17. The molecule has 0 atom stereocenters. The molecule has 0 saturated heterocycles. The molecular weight excluding hydrogens is 349 g/mol. The van der Waals surface area contributed by atoms with Crippen molar-refractivity contribution in [3.63, 3.8) is 0 Å². The fraction of sp³-hybridized carbons (Fsp3) is 0.500. The number of hydrogen-bond donors (Lipinski definition) is 1. The molecule has 0 aliphatic rings. The molecule has 3 nitrogen and oxygen atoms in total. The van der Waals surface area contributed by atoms with Crippen LogP contribution in [0.25, 0.3) is 0 Å². The minimum atomic E-state index is 0. The van der Waals surface area contributed by atoms with Crippen molar-refractivity contribution in [3.05, 3.63) is 29.3 Å². The van der Waals surface area contributed by atoms with Gasteiger partial charge in [-0.3, -0.25) is 9.69 Å². The van der Waals surface area contributed by atoms with E-state index in [2.05, 4.69) is 24.1 Å². The Labute approximate surface area is 153 Å². The normalized spacial score (nSPS) is 10.1. The Morgan fingerprint density at radius 3 is 2.17 bits per heavy atom. The number of amides is 1. The summed E-state index contributed by atoms with van der Waals surface area (Å²) in [6.07, 6.45) is 0. The van der Waals surface area contributed by atoms with Crippen molar-refractivity contribution < 1.29 is 7.65 Å². The van der Waals surface area contributed by atoms with Crippen LogP contribution in [0, 0.1) is 13.8 Å². The smallest absolute Gasteiger partial charge is 1.00 e. The Hall–Kier alpha value is 0.221. The number of aryl methyl sites for hydroxylation is 2. The van der Waals surface area contributed by atoms with Crippen LogP contribution < -0.4 is 5.32 Å². The average molecular weight is 374 g/mol. The molecule has 1 amide bonds. The molecular formula is C14H24BaN2O. The van der Waals surface area contributed by atoms with Gasteiger partial charge in [0.1, 0.15) is 0 Å². The first-order chi connectivity index (χ1) is 8.08. The van der Waals surface area contributed by atoms with Crippen molar-refractivity contribution in [1.82, 2.24) is 4.90 Å². The summed E-state index contributed by atoms with van der Waals surface area (Å²) in [6, 6.07) is 6.03. The molecule has 0 radical (unpaired) electrons. The number of carbonyl (C=O) groups is 1. The number of benzene rings is 1. The Bertz CT molecular complexity index is 379. The molecule has 0 aromatic heterocycles. The van der Waals surface area contributed by atoms with E-state index >= 15 is 0 Å². The first kappa shape index (κ1) is 18.2. The van der Waals surface area contributed by atoms with E-state index in [4.69, 9.17) is 0 Å². The molecule has 4 heteroatoms. The predicted molar refractivity (Wildman–Crippen MR) is 80.3 cm³/mol. The molecule has 0 aliphatic heterocycles. The van der Waals surface area contributed by atoms with E-state index in [0.29, 0.717) is 6.54 Å². The number of para-hydroxylation sites is 1. The van der Waals surface area contributed by atoms with Crippen LogP contribution in [-0.4, -0.2) is 79.3 Å². The van der Waals surface area contributed by atoms with Gasteiger partial charge in [-0.2, -0.15) is 0 Å². The van der Waals surface area contributed by atoms with Crippen LogP contribution in [0.5, 0.6) is 0 Å². The zero-order valence-corrected chi connectivity index (χ0v) is 16.4. The predicted octanol–water partition coefficient (Wildman–Crippen LogP) is 2.43. The first-order valence-electron chi connectivity index (χ1n) is 6.16. The Kier molecular flexibility index (Phi) is 9.29. The van der Waals surface area contributed by atoms with Gasteiger partial charge >= 0.3 is 48.9 Å². The van der Waals surface area contributed by atoms with Gasteiger partial charge in [-0.25, -0.2) is 0 Å². The first-order valence-corrected chi connectivity index (χ1v) is 6.16. The Morgan fingerprint density at radius 1 is 1.22 bits per heavy atom. The number of hydrogen-bond acceptors (Lipinski definition) is 2. The number of rotatable bonds is 5. The topological polar surface area (TPSA) is 32.3 Å². The number of nitrogens with zero attached hydrogens (tertiary/aromatic N) is 1. The third-order valence-electron chi connectivity index (χ3n) is 3.01. The van der Waals surface area contributed by atoms with Gasteiger partial charge in [-0.15, -0.1) is 0 Å². The van der Waals surface area contributed by atoms with Crippen molar-refractivity contribution in [1.29, 1.82) is 0 Å². The zero-order valence-electron chi connectivity index (χ0n) is 13.9. The molecule has 1 aromatic carbocycles. The molecule has 1 rings (SSSR count).